The summed E-state index contributed by atoms with van der Waals surface area (Å²) in [6.45, 7) is 0. The average molecular weight is 823 g/mol. The lowest BCUT2D eigenvalue weighted by molar-refractivity contribution is 1.11. The molecule has 0 bridgehead atoms. The van der Waals surface area contributed by atoms with Gasteiger partial charge in [0.15, 0.2) is 8.07 Å². The van der Waals surface area contributed by atoms with Crippen molar-refractivity contribution >= 4 is 97.9 Å². The molecule has 0 aliphatic carbocycles. The molecule has 0 radical (unpaired) electrons. The van der Waals surface area contributed by atoms with E-state index in [0.717, 1.165) is 44.9 Å². The average Bonchev–Trinajstić information content (AvgIpc) is 4.09. The summed E-state index contributed by atoms with van der Waals surface area (Å²) < 4.78 is 4.59. The molecule has 296 valence electrons. The van der Waals surface area contributed by atoms with Gasteiger partial charge in [-0.1, -0.05) is 152 Å². The summed E-state index contributed by atoms with van der Waals surface area (Å²) in [5, 5.41) is 5.31. The molecule has 13 rings (SSSR count). The smallest absolute Gasteiger partial charge is 0.344 e. The third-order valence-corrected chi connectivity index (χ3v) is 18.0. The van der Waals surface area contributed by atoms with Crippen LogP contribution in [0.3, 0.4) is 0 Å². The SMILES string of the molecule is c1ccc(N2B3N(c4ccc([Si](c5ccccc5)(c5ccccc5)c5ccc(-n6c7ccccc7n7c8ccccc8nc67)cc5)cc4)c4ccccc4N3c3ccccc32)cc1. The van der Waals surface area contributed by atoms with Crippen LogP contribution < -0.4 is 35.2 Å². The molecule has 63 heavy (non-hydrogen) atoms. The molecule has 4 heterocycles. The van der Waals surface area contributed by atoms with Gasteiger partial charge in [-0.05, 0) is 106 Å². The van der Waals surface area contributed by atoms with Crippen molar-refractivity contribution in [1.82, 2.24) is 14.0 Å². The van der Waals surface area contributed by atoms with Gasteiger partial charge in [0.25, 0.3) is 0 Å². The van der Waals surface area contributed by atoms with E-state index in [0.29, 0.717) is 0 Å². The van der Waals surface area contributed by atoms with Crippen LogP contribution in [-0.4, -0.2) is 29.1 Å². The second-order valence-electron chi connectivity index (χ2n) is 16.4. The fraction of sp³-hybridized carbons (Fsp3) is 0. The topological polar surface area (TPSA) is 32.0 Å². The van der Waals surface area contributed by atoms with E-state index >= 15 is 0 Å². The molecule has 0 unspecified atom stereocenters. The van der Waals surface area contributed by atoms with Gasteiger partial charge in [0.05, 0.1) is 44.8 Å². The zero-order valence-electron chi connectivity index (χ0n) is 34.3. The van der Waals surface area contributed by atoms with Crippen molar-refractivity contribution in [3.63, 3.8) is 0 Å². The molecular formula is C55H39BN6Si. The molecular weight excluding hydrogens is 784 g/mol. The molecule has 0 spiro atoms. The van der Waals surface area contributed by atoms with Crippen LogP contribution in [0.4, 0.5) is 34.1 Å². The molecule has 0 amide bonds. The number of hydrogen-bond donors (Lipinski definition) is 0. The van der Waals surface area contributed by atoms with Gasteiger partial charge in [0.2, 0.25) is 5.78 Å². The number of para-hydroxylation sites is 9. The molecule has 0 fully saturated rings. The van der Waals surface area contributed by atoms with E-state index in [1.807, 2.05) is 0 Å². The summed E-state index contributed by atoms with van der Waals surface area (Å²) in [6.07, 6.45) is 0. The fourth-order valence-corrected chi connectivity index (χ4v) is 15.3. The van der Waals surface area contributed by atoms with Crippen molar-refractivity contribution in [3.8, 4) is 5.69 Å². The Morgan fingerprint density at radius 1 is 0.317 bits per heavy atom. The number of rotatable bonds is 7. The number of benzene rings is 9. The van der Waals surface area contributed by atoms with Crippen LogP contribution in [0.25, 0.3) is 33.5 Å². The molecule has 2 aliphatic rings. The Morgan fingerprint density at radius 3 is 1.27 bits per heavy atom. The quantitative estimate of drug-likeness (QED) is 0.118. The maximum atomic E-state index is 5.18. The van der Waals surface area contributed by atoms with Crippen LogP contribution in [0, 0.1) is 0 Å². The lowest BCUT2D eigenvalue weighted by Crippen LogP contribution is -2.74. The lowest BCUT2D eigenvalue weighted by Gasteiger charge is -2.35. The lowest BCUT2D eigenvalue weighted by atomic mass is 9.86. The molecule has 0 saturated heterocycles. The van der Waals surface area contributed by atoms with E-state index < -0.39 is 8.07 Å². The van der Waals surface area contributed by atoms with Crippen molar-refractivity contribution in [2.24, 2.45) is 0 Å². The van der Waals surface area contributed by atoms with Crippen LogP contribution in [0.5, 0.6) is 0 Å². The summed E-state index contributed by atoms with van der Waals surface area (Å²) in [4.78, 5) is 12.7. The Hall–Kier alpha value is -8.07. The Labute approximate surface area is 366 Å². The van der Waals surface area contributed by atoms with Gasteiger partial charge < -0.3 is 14.4 Å². The largest absolute Gasteiger partial charge is 0.519 e. The first-order valence-electron chi connectivity index (χ1n) is 21.6. The van der Waals surface area contributed by atoms with Gasteiger partial charge in [-0.2, -0.15) is 0 Å². The monoisotopic (exact) mass is 822 g/mol. The maximum absolute atomic E-state index is 5.18. The van der Waals surface area contributed by atoms with Crippen LogP contribution in [0.2, 0.25) is 0 Å². The van der Waals surface area contributed by atoms with Gasteiger partial charge in [0.1, 0.15) is 0 Å². The summed E-state index contributed by atoms with van der Waals surface area (Å²) in [7, 11) is -3.01. The zero-order valence-corrected chi connectivity index (χ0v) is 35.3. The first-order valence-corrected chi connectivity index (χ1v) is 23.6. The van der Waals surface area contributed by atoms with Gasteiger partial charge in [-0.15, -0.1) is 0 Å². The van der Waals surface area contributed by atoms with E-state index in [2.05, 4.69) is 260 Å². The molecule has 0 atom stereocenters. The second kappa shape index (κ2) is 14.0. The van der Waals surface area contributed by atoms with Crippen LogP contribution in [-0.2, 0) is 0 Å². The van der Waals surface area contributed by atoms with E-state index in [-0.39, 0.29) is 7.12 Å². The third kappa shape index (κ3) is 5.16. The van der Waals surface area contributed by atoms with Gasteiger partial charge in [0, 0.05) is 17.1 Å². The standard InChI is InChI=1S/C55H39BN6Si/c1-4-18-41(19-5-1)60-51-28-14-16-30-53(51)62-54-31-17-15-29-52(54)61(56(60)62)42-34-38-46(39-35-42)63(43-20-6-2-7-21-43,44-22-8-3-9-23-44)45-36-32-40(33-37-45)58-49-26-12-13-27-50(49)59-48-25-11-10-24-47(48)57-55(58)59/h1-39H. The summed E-state index contributed by atoms with van der Waals surface area (Å²) in [5.74, 6) is 0.911. The van der Waals surface area contributed by atoms with E-state index in [1.54, 1.807) is 0 Å². The van der Waals surface area contributed by atoms with Crippen LogP contribution in [0.1, 0.15) is 0 Å². The summed E-state index contributed by atoms with van der Waals surface area (Å²) >= 11 is 0. The molecule has 11 aromatic rings. The summed E-state index contributed by atoms with van der Waals surface area (Å²) in [6, 6.07) is 86.7. The molecule has 6 nitrogen and oxygen atoms in total. The molecule has 2 aromatic heterocycles. The van der Waals surface area contributed by atoms with E-state index in [9.17, 15) is 0 Å². The first-order chi connectivity index (χ1) is 31.3. The molecule has 0 saturated carbocycles. The zero-order chi connectivity index (χ0) is 41.5. The number of aromatic nitrogens is 3. The highest BCUT2D eigenvalue weighted by Gasteiger charge is 2.53. The van der Waals surface area contributed by atoms with Crippen molar-refractivity contribution in [2.45, 2.75) is 0 Å². The highest BCUT2D eigenvalue weighted by atomic mass is 28.3. The first kappa shape index (κ1) is 35.7. The number of imidazole rings is 2. The Balaban J connectivity index is 0.983. The number of anilines is 6. The minimum absolute atomic E-state index is 0.116. The highest BCUT2D eigenvalue weighted by Crippen LogP contribution is 2.55. The van der Waals surface area contributed by atoms with Gasteiger partial charge in [-0.3, -0.25) is 8.97 Å². The minimum Gasteiger partial charge on any atom is -0.344 e. The molecule has 0 N–H and O–H groups in total. The Kier molecular flexibility index (Phi) is 7.92. The van der Waals surface area contributed by atoms with Crippen molar-refractivity contribution in [2.75, 3.05) is 14.4 Å². The normalized spacial score (nSPS) is 13.3. The van der Waals surface area contributed by atoms with Gasteiger partial charge in [-0.25, -0.2) is 4.98 Å². The van der Waals surface area contributed by atoms with Gasteiger partial charge >= 0.3 is 7.12 Å². The van der Waals surface area contributed by atoms with E-state index in [4.69, 9.17) is 4.98 Å². The highest BCUT2D eigenvalue weighted by molar-refractivity contribution is 7.19. The Morgan fingerprint density at radius 2 is 0.714 bits per heavy atom. The molecule has 2 aliphatic heterocycles. The van der Waals surface area contributed by atoms with Crippen LogP contribution in [0.15, 0.2) is 237 Å². The molecule has 9 aromatic carbocycles. The maximum Gasteiger partial charge on any atom is 0.519 e. The predicted octanol–water partition coefficient (Wildman–Crippen LogP) is 10.2. The fourth-order valence-electron chi connectivity index (χ4n) is 10.6. The number of hydrogen-bond acceptors (Lipinski definition) is 4. The Bertz CT molecular complexity index is 3430. The van der Waals surface area contributed by atoms with E-state index in [1.165, 1.54) is 43.5 Å². The number of nitrogens with zero attached hydrogens (tertiary/aromatic N) is 6. The van der Waals surface area contributed by atoms with Crippen molar-refractivity contribution < 1.29 is 0 Å². The van der Waals surface area contributed by atoms with Crippen molar-refractivity contribution in [3.05, 3.63) is 237 Å². The minimum atomic E-state index is -2.89. The predicted molar refractivity (Wildman–Crippen MR) is 265 cm³/mol. The third-order valence-electron chi connectivity index (χ3n) is 13.2. The molecule has 8 heteroatoms. The summed E-state index contributed by atoms with van der Waals surface area (Å²) in [5.41, 5.74) is 12.5. The van der Waals surface area contributed by atoms with Crippen molar-refractivity contribution in [1.29, 1.82) is 0 Å². The number of fused-ring (bicyclic) bond motifs is 10. The van der Waals surface area contributed by atoms with Crippen LogP contribution >= 0.6 is 0 Å². The second-order valence-corrected chi connectivity index (χ2v) is 20.2.